The van der Waals surface area contributed by atoms with Gasteiger partial charge in [-0.05, 0) is 62.4 Å². The van der Waals surface area contributed by atoms with Gasteiger partial charge in [0.05, 0.1) is 23.3 Å². The van der Waals surface area contributed by atoms with Crippen LogP contribution in [-0.4, -0.2) is 56.8 Å². The van der Waals surface area contributed by atoms with E-state index in [1.807, 2.05) is 12.1 Å². The summed E-state index contributed by atoms with van der Waals surface area (Å²) in [6.07, 6.45) is 7.72. The molecule has 7 nitrogen and oxygen atoms in total. The van der Waals surface area contributed by atoms with Crippen LogP contribution in [0.25, 0.3) is 0 Å². The summed E-state index contributed by atoms with van der Waals surface area (Å²) in [5.41, 5.74) is 1.25. The van der Waals surface area contributed by atoms with E-state index in [0.29, 0.717) is 31.0 Å². The van der Waals surface area contributed by atoms with Crippen LogP contribution in [0.3, 0.4) is 0 Å². The number of hydrogen-bond acceptors (Lipinski definition) is 5. The van der Waals surface area contributed by atoms with Gasteiger partial charge in [-0.3, -0.25) is 4.79 Å². The molecule has 0 saturated carbocycles. The van der Waals surface area contributed by atoms with Crippen LogP contribution in [0.5, 0.6) is 0 Å². The van der Waals surface area contributed by atoms with Crippen molar-refractivity contribution in [3.05, 3.63) is 47.9 Å². The van der Waals surface area contributed by atoms with Gasteiger partial charge in [-0.25, -0.2) is 8.42 Å². The fourth-order valence-corrected chi connectivity index (χ4v) is 5.97. The fraction of sp³-hybridized carbons (Fsp3) is 0.522. The largest absolute Gasteiger partial charge is 0.467 e. The van der Waals surface area contributed by atoms with Gasteiger partial charge in [0, 0.05) is 38.9 Å². The Balaban J connectivity index is 1.68. The van der Waals surface area contributed by atoms with E-state index in [0.717, 1.165) is 50.9 Å². The second kappa shape index (κ2) is 9.44. The molecular weight excluding hydrogens is 414 g/mol. The van der Waals surface area contributed by atoms with Gasteiger partial charge in [0.25, 0.3) is 5.91 Å². The first-order chi connectivity index (χ1) is 15.0. The number of nitrogens with zero attached hydrogens (tertiary/aromatic N) is 3. The molecule has 1 amide bonds. The van der Waals surface area contributed by atoms with Gasteiger partial charge in [0.1, 0.15) is 5.76 Å². The van der Waals surface area contributed by atoms with E-state index in [2.05, 4.69) is 4.90 Å². The number of carbonyl (C=O) groups excluding carboxylic acids is 1. The summed E-state index contributed by atoms with van der Waals surface area (Å²) in [4.78, 5) is 17.4. The average Bonchev–Trinajstić information content (AvgIpc) is 3.32. The van der Waals surface area contributed by atoms with Crippen molar-refractivity contribution in [1.29, 1.82) is 0 Å². The van der Waals surface area contributed by atoms with Crippen LogP contribution in [0.1, 0.15) is 54.6 Å². The molecule has 2 aromatic rings. The standard InChI is InChI=1S/C23H31N3O4S/c1-24(18-19-9-8-16-30-19)23(27)21-17-20(31(28,29)26-14-6-3-7-15-26)10-11-22(21)25-12-4-2-5-13-25/h8-11,16-17H,2-7,12-15,18H2,1H3. The van der Waals surface area contributed by atoms with Gasteiger partial charge in [0.15, 0.2) is 0 Å². The van der Waals surface area contributed by atoms with Crippen molar-refractivity contribution in [2.24, 2.45) is 0 Å². The number of rotatable bonds is 6. The Labute approximate surface area is 184 Å². The number of hydrogen-bond donors (Lipinski definition) is 0. The first-order valence-electron chi connectivity index (χ1n) is 11.1. The monoisotopic (exact) mass is 445 g/mol. The Morgan fingerprint density at radius 1 is 1.00 bits per heavy atom. The number of piperidine rings is 2. The lowest BCUT2D eigenvalue weighted by atomic mass is 10.1. The number of sulfonamides is 1. The SMILES string of the molecule is CN(Cc1ccco1)C(=O)c1cc(S(=O)(=O)N2CCCCC2)ccc1N1CCCCC1. The van der Waals surface area contributed by atoms with Crippen molar-refractivity contribution >= 4 is 21.6 Å². The molecule has 0 bridgehead atoms. The number of furan rings is 1. The van der Waals surface area contributed by atoms with Crippen LogP contribution >= 0.6 is 0 Å². The van der Waals surface area contributed by atoms with Crippen LogP contribution in [0, 0.1) is 0 Å². The molecule has 1 aromatic heterocycles. The van der Waals surface area contributed by atoms with E-state index in [1.165, 1.54) is 6.42 Å². The predicted octanol–water partition coefficient (Wildman–Crippen LogP) is 3.72. The summed E-state index contributed by atoms with van der Waals surface area (Å²) in [6, 6.07) is 8.67. The van der Waals surface area contributed by atoms with Gasteiger partial charge in [-0.15, -0.1) is 0 Å². The van der Waals surface area contributed by atoms with Crippen molar-refractivity contribution in [2.75, 3.05) is 38.1 Å². The van der Waals surface area contributed by atoms with Crippen molar-refractivity contribution in [2.45, 2.75) is 50.0 Å². The molecule has 31 heavy (non-hydrogen) atoms. The molecule has 0 N–H and O–H groups in total. The minimum atomic E-state index is -3.62. The van der Waals surface area contributed by atoms with E-state index in [4.69, 9.17) is 4.42 Å². The molecule has 0 spiro atoms. The Kier molecular flexibility index (Phi) is 6.67. The summed E-state index contributed by atoms with van der Waals surface area (Å²) in [6.45, 7) is 3.16. The zero-order chi connectivity index (χ0) is 21.8. The maximum atomic E-state index is 13.4. The highest BCUT2D eigenvalue weighted by Crippen LogP contribution is 2.30. The van der Waals surface area contributed by atoms with Crippen LogP contribution in [-0.2, 0) is 16.6 Å². The van der Waals surface area contributed by atoms with Gasteiger partial charge in [-0.2, -0.15) is 4.31 Å². The van der Waals surface area contributed by atoms with E-state index in [-0.39, 0.29) is 10.8 Å². The summed E-state index contributed by atoms with van der Waals surface area (Å²) < 4.78 is 33.4. The first-order valence-corrected chi connectivity index (χ1v) is 12.6. The Morgan fingerprint density at radius 2 is 1.68 bits per heavy atom. The molecule has 1 aromatic carbocycles. The van der Waals surface area contributed by atoms with E-state index in [9.17, 15) is 13.2 Å². The van der Waals surface area contributed by atoms with Crippen LogP contribution in [0.15, 0.2) is 45.9 Å². The van der Waals surface area contributed by atoms with Crippen molar-refractivity contribution < 1.29 is 17.6 Å². The summed E-state index contributed by atoms with van der Waals surface area (Å²) >= 11 is 0. The highest BCUT2D eigenvalue weighted by atomic mass is 32.2. The lowest BCUT2D eigenvalue weighted by Gasteiger charge is -2.32. The molecule has 0 radical (unpaired) electrons. The predicted molar refractivity (Wildman–Crippen MR) is 120 cm³/mol. The molecule has 3 heterocycles. The Morgan fingerprint density at radius 3 is 2.32 bits per heavy atom. The minimum Gasteiger partial charge on any atom is -0.467 e. The molecule has 168 valence electrons. The maximum absolute atomic E-state index is 13.4. The highest BCUT2D eigenvalue weighted by molar-refractivity contribution is 7.89. The lowest BCUT2D eigenvalue weighted by molar-refractivity contribution is 0.0775. The van der Waals surface area contributed by atoms with Crippen LogP contribution in [0.2, 0.25) is 0 Å². The molecule has 0 unspecified atom stereocenters. The number of anilines is 1. The normalized spacial score (nSPS) is 18.2. The number of benzene rings is 1. The number of carbonyl (C=O) groups is 1. The number of amides is 1. The Bertz CT molecular complexity index is 992. The second-order valence-electron chi connectivity index (χ2n) is 8.43. The van der Waals surface area contributed by atoms with Crippen LogP contribution in [0.4, 0.5) is 5.69 Å². The van der Waals surface area contributed by atoms with Gasteiger partial charge in [-0.1, -0.05) is 6.42 Å². The summed E-state index contributed by atoms with van der Waals surface area (Å²) in [7, 11) is -1.90. The van der Waals surface area contributed by atoms with Crippen molar-refractivity contribution in [3.8, 4) is 0 Å². The summed E-state index contributed by atoms with van der Waals surface area (Å²) in [5, 5.41) is 0. The van der Waals surface area contributed by atoms with E-state index in [1.54, 1.807) is 40.7 Å². The molecule has 8 heteroatoms. The molecule has 0 atom stereocenters. The fourth-order valence-electron chi connectivity index (χ4n) is 4.43. The van der Waals surface area contributed by atoms with Gasteiger partial charge < -0.3 is 14.2 Å². The highest BCUT2D eigenvalue weighted by Gasteiger charge is 2.29. The zero-order valence-electron chi connectivity index (χ0n) is 18.1. The molecular formula is C23H31N3O4S. The molecule has 2 aliphatic heterocycles. The third-order valence-corrected chi connectivity index (χ3v) is 8.06. The molecule has 2 aliphatic rings. The molecule has 2 fully saturated rings. The summed E-state index contributed by atoms with van der Waals surface area (Å²) in [5.74, 6) is 0.486. The van der Waals surface area contributed by atoms with Gasteiger partial charge in [0.2, 0.25) is 10.0 Å². The maximum Gasteiger partial charge on any atom is 0.256 e. The third kappa shape index (κ3) is 4.80. The smallest absolute Gasteiger partial charge is 0.256 e. The lowest BCUT2D eigenvalue weighted by Crippen LogP contribution is -2.36. The van der Waals surface area contributed by atoms with Gasteiger partial charge >= 0.3 is 0 Å². The quantitative estimate of drug-likeness (QED) is 0.678. The zero-order valence-corrected chi connectivity index (χ0v) is 18.9. The van der Waals surface area contributed by atoms with E-state index >= 15 is 0 Å². The first kappa shape index (κ1) is 21.9. The van der Waals surface area contributed by atoms with Crippen LogP contribution < -0.4 is 4.90 Å². The third-order valence-electron chi connectivity index (χ3n) is 6.17. The van der Waals surface area contributed by atoms with E-state index < -0.39 is 10.0 Å². The molecule has 0 aliphatic carbocycles. The van der Waals surface area contributed by atoms with Crippen molar-refractivity contribution in [3.63, 3.8) is 0 Å². The molecule has 4 rings (SSSR count). The second-order valence-corrected chi connectivity index (χ2v) is 10.4. The topological polar surface area (TPSA) is 74.1 Å². The van der Waals surface area contributed by atoms with Crippen molar-refractivity contribution in [1.82, 2.24) is 9.21 Å². The average molecular weight is 446 g/mol. The Hall–Kier alpha value is -2.32. The minimum absolute atomic E-state index is 0.199. The molecule has 2 saturated heterocycles.